The molecule has 0 aromatic carbocycles. The van der Waals surface area contributed by atoms with Gasteiger partial charge in [0.2, 0.25) is 0 Å². The van der Waals surface area contributed by atoms with Crippen LogP contribution < -0.4 is 296 Å². The Hall–Kier alpha value is 8.33. The molecule has 0 saturated carbocycles. The summed E-state index contributed by atoms with van der Waals surface area (Å²) in [6.07, 6.45) is 4.60. The second kappa shape index (κ2) is 28.5. The summed E-state index contributed by atoms with van der Waals surface area (Å²) in [6.45, 7) is 0.521. The molecule has 0 radical (unpaired) electrons. The van der Waals surface area contributed by atoms with E-state index in [0.29, 0.717) is 11.7 Å². The van der Waals surface area contributed by atoms with Gasteiger partial charge in [0.1, 0.15) is 0 Å². The van der Waals surface area contributed by atoms with Crippen LogP contribution in [-0.2, 0) is 0 Å². The number of hydrogen-bond donors (Lipinski definition) is 1. The SMILES string of the molecule is F[CH-][NH+]1C=CN=C1.[CH3-].[Rb+].[Rb+].[Rb+].[Rb+].[Rb+]. The number of rotatable bonds is 1. The van der Waals surface area contributed by atoms with Gasteiger partial charge in [-0.15, -0.1) is 0 Å². The van der Waals surface area contributed by atoms with Crippen molar-refractivity contribution in [2.75, 3.05) is 0 Å². The van der Waals surface area contributed by atoms with Crippen LogP contribution in [0.1, 0.15) is 0 Å². The minimum atomic E-state index is 0. The van der Waals surface area contributed by atoms with Gasteiger partial charge in [0.05, 0.1) is 12.4 Å². The van der Waals surface area contributed by atoms with E-state index in [1.807, 2.05) is 0 Å². The molecule has 0 bridgehead atoms. The third-order valence-corrected chi connectivity index (χ3v) is 0.703. The fraction of sp³-hybridized carbons (Fsp3) is 0. The normalized spacial score (nSPS) is 14.4. The molecule has 1 heterocycles. The van der Waals surface area contributed by atoms with Gasteiger partial charge >= 0.3 is 291 Å². The zero-order chi connectivity index (χ0) is 5.11. The van der Waals surface area contributed by atoms with Crippen molar-refractivity contribution in [1.82, 2.24) is 0 Å². The number of nitrogens with zero attached hydrogens (tertiary/aromatic N) is 1. The van der Waals surface area contributed by atoms with Gasteiger partial charge in [-0.2, -0.15) is 0 Å². The van der Waals surface area contributed by atoms with E-state index in [1.165, 1.54) is 6.34 Å². The smallest absolute Gasteiger partial charge is 0.392 e. The molecule has 1 N–H and O–H groups in total. The average molecular weight is 542 g/mol. The predicted molar refractivity (Wildman–Crippen MR) is 30.4 cm³/mol. The first kappa shape index (κ1) is 37.5. The molecule has 2 nitrogen and oxygen atoms in total. The Labute approximate surface area is 325 Å². The fourth-order valence-corrected chi connectivity index (χ4v) is 0.366. The summed E-state index contributed by atoms with van der Waals surface area (Å²) >= 11 is 0. The molecule has 1 aliphatic heterocycles. The Morgan fingerprint density at radius 3 is 1.69 bits per heavy atom. The van der Waals surface area contributed by atoms with Gasteiger partial charge in [0.15, 0.2) is 6.34 Å². The summed E-state index contributed by atoms with van der Waals surface area (Å²) < 4.78 is 11.4. The maximum Gasteiger partial charge on any atom is 1.00 e. The largest absolute Gasteiger partial charge is 1.00 e. The van der Waals surface area contributed by atoms with Crippen molar-refractivity contribution in [2.24, 2.45) is 4.99 Å². The van der Waals surface area contributed by atoms with Crippen molar-refractivity contribution >= 4 is 6.34 Å². The summed E-state index contributed by atoms with van der Waals surface area (Å²) in [5.41, 5.74) is 0. The zero-order valence-electron chi connectivity index (χ0n) is 9.63. The van der Waals surface area contributed by atoms with Gasteiger partial charge in [0.25, 0.3) is 0 Å². The molecule has 8 heteroatoms. The Bertz CT molecular complexity index is 109. The van der Waals surface area contributed by atoms with E-state index in [1.54, 1.807) is 12.4 Å². The van der Waals surface area contributed by atoms with Crippen LogP contribution in [0.15, 0.2) is 17.4 Å². The third-order valence-electron chi connectivity index (χ3n) is 0.703. The molecule has 0 aromatic heterocycles. The van der Waals surface area contributed by atoms with Gasteiger partial charge < -0.3 is 16.7 Å². The molecule has 0 spiro atoms. The second-order valence-corrected chi connectivity index (χ2v) is 1.20. The van der Waals surface area contributed by atoms with E-state index in [-0.39, 0.29) is 298 Å². The van der Waals surface area contributed by atoms with Gasteiger partial charge in [0, 0.05) is 6.80 Å². The zero-order valence-corrected chi connectivity index (χ0v) is 34.2. The minimum absolute atomic E-state index is 0. The molecule has 0 aliphatic carbocycles. The molecule has 46 valence electrons. The number of hydrogen-bond acceptors (Lipinski definition) is 1. The molecule has 0 fully saturated rings. The Morgan fingerprint density at radius 1 is 1.08 bits per heavy atom. The van der Waals surface area contributed by atoms with Crippen LogP contribution in [0, 0.1) is 14.2 Å². The Morgan fingerprint density at radius 2 is 1.54 bits per heavy atom. The summed E-state index contributed by atoms with van der Waals surface area (Å²) in [7, 11) is 0. The molecule has 1 atom stereocenters. The third kappa shape index (κ3) is 22.7. The van der Waals surface area contributed by atoms with Gasteiger partial charge in [-0.05, 0) is 0 Å². The molecule has 0 amide bonds. The van der Waals surface area contributed by atoms with Crippen molar-refractivity contribution in [3.05, 3.63) is 26.6 Å². The van der Waals surface area contributed by atoms with Crippen LogP contribution in [0.2, 0.25) is 0 Å². The van der Waals surface area contributed by atoms with Crippen LogP contribution in [0.25, 0.3) is 0 Å². The summed E-state index contributed by atoms with van der Waals surface area (Å²) in [6, 6.07) is 0. The molecule has 1 rings (SSSR count). The van der Waals surface area contributed by atoms with E-state index < -0.39 is 0 Å². The van der Waals surface area contributed by atoms with E-state index in [9.17, 15) is 4.39 Å². The molecule has 13 heavy (non-hydrogen) atoms. The summed E-state index contributed by atoms with van der Waals surface area (Å²) in [5.74, 6) is 0. The van der Waals surface area contributed by atoms with Crippen LogP contribution >= 0.6 is 0 Å². The van der Waals surface area contributed by atoms with E-state index in [0.717, 1.165) is 0 Å². The standard InChI is InChI=1S/C4H5FN2.CH3.5Rb/c5-3-7-2-1-6-4-7;;;;;;/h1-4,7H;1H3;;;;;/q;-1;5*+1. The van der Waals surface area contributed by atoms with Gasteiger partial charge in [-0.3, -0.25) is 0 Å². The number of quaternary nitrogens is 1. The fourth-order valence-electron chi connectivity index (χ4n) is 0.366. The first-order chi connectivity index (χ1) is 3.43. The van der Waals surface area contributed by atoms with Crippen molar-refractivity contribution in [1.29, 1.82) is 0 Å². The molecule has 1 unspecified atom stereocenters. The van der Waals surface area contributed by atoms with Crippen molar-refractivity contribution in [2.45, 2.75) is 0 Å². The molecule has 0 aromatic rings. The number of aliphatic imine (C=N–C) groups is 1. The van der Waals surface area contributed by atoms with Crippen LogP contribution in [0.4, 0.5) is 4.39 Å². The van der Waals surface area contributed by atoms with Gasteiger partial charge in [-0.1, -0.05) is 0 Å². The quantitative estimate of drug-likeness (QED) is 0.251. The van der Waals surface area contributed by atoms with Crippen LogP contribution in [0.3, 0.4) is 0 Å². The second-order valence-electron chi connectivity index (χ2n) is 1.20. The number of nitrogens with one attached hydrogen (secondary N) is 1. The maximum absolute atomic E-state index is 11.4. The molecular weight excluding hydrogens is 534 g/mol. The van der Waals surface area contributed by atoms with Crippen molar-refractivity contribution in [3.63, 3.8) is 0 Å². The number of halogens is 1. The average Bonchev–Trinajstić information content (AvgIpc) is 2.14. The maximum atomic E-state index is 11.4. The van der Waals surface area contributed by atoms with E-state index >= 15 is 0 Å². The van der Waals surface area contributed by atoms with Crippen molar-refractivity contribution in [3.8, 4) is 0 Å². The van der Waals surface area contributed by atoms with E-state index in [2.05, 4.69) is 4.99 Å². The van der Waals surface area contributed by atoms with Gasteiger partial charge in [-0.25, -0.2) is 4.99 Å². The topological polar surface area (TPSA) is 16.8 Å². The Balaban J connectivity index is -0.0000000204. The first-order valence-electron chi connectivity index (χ1n) is 1.93. The minimum Gasteiger partial charge on any atom is -0.392 e. The van der Waals surface area contributed by atoms with Crippen molar-refractivity contribution < 1.29 is 300 Å². The van der Waals surface area contributed by atoms with E-state index in [4.69, 9.17) is 0 Å². The summed E-state index contributed by atoms with van der Waals surface area (Å²) in [4.78, 5) is 4.15. The monoisotopic (exact) mass is 540 g/mol. The molecular formula is C5H8FN2Rb5+4. The molecule has 0 saturated heterocycles. The predicted octanol–water partition coefficient (Wildman–Crippen LogP) is -15.1. The Kier molecular flexibility index (Phi) is 82.2. The first-order valence-corrected chi connectivity index (χ1v) is 1.93. The molecule has 1 aliphatic rings. The summed E-state index contributed by atoms with van der Waals surface area (Å²) in [5, 5.41) is 0. The van der Waals surface area contributed by atoms with Crippen LogP contribution in [-0.4, -0.2) is 6.34 Å². The van der Waals surface area contributed by atoms with Crippen LogP contribution in [0.5, 0.6) is 0 Å².